The topological polar surface area (TPSA) is 137 Å². The zero-order valence-electron chi connectivity index (χ0n) is 27.3. The molecule has 0 spiro atoms. The van der Waals surface area contributed by atoms with Gasteiger partial charge in [-0.3, -0.25) is 9.59 Å². The van der Waals surface area contributed by atoms with E-state index in [9.17, 15) is 19.2 Å². The summed E-state index contributed by atoms with van der Waals surface area (Å²) in [6.45, 7) is -0.305. The third-order valence-electron chi connectivity index (χ3n) is 7.98. The molecule has 0 aliphatic heterocycles. The number of benzene rings is 3. The third kappa shape index (κ3) is 10.8. The molecule has 0 radical (unpaired) electrons. The summed E-state index contributed by atoms with van der Waals surface area (Å²) < 4.78 is 9.20. The maximum absolute atomic E-state index is 12.8. The van der Waals surface area contributed by atoms with Crippen LogP contribution in [0.3, 0.4) is 0 Å². The molecule has 0 aliphatic rings. The molecule has 3 rings (SSSR count). The zero-order chi connectivity index (χ0) is 34.9. The van der Waals surface area contributed by atoms with E-state index in [1.807, 2.05) is 0 Å². The number of carbonyl (C=O) groups is 4. The Kier molecular flexibility index (Phi) is 16.4. The van der Waals surface area contributed by atoms with Gasteiger partial charge in [0.05, 0.1) is 14.2 Å². The van der Waals surface area contributed by atoms with E-state index in [-0.39, 0.29) is 19.4 Å². The number of carbonyl (C=O) groups excluding carboxylic acids is 4. The molecule has 3 aromatic carbocycles. The SMILES string of the molecule is COC(=O)CNC(=O)C(CSSCCCCCP(Br)(c1ccccc1)(c1ccccc1)c1ccccc1)NC(=O)CCC(N)C(=O)OC. The van der Waals surface area contributed by atoms with Crippen molar-refractivity contribution in [3.63, 3.8) is 0 Å². The Bertz CT molecular complexity index is 1370. The molecule has 0 saturated carbocycles. The number of nitrogens with two attached hydrogens (primary N) is 1. The molecule has 2 amide bonds. The van der Waals surface area contributed by atoms with Crippen LogP contribution in [0, 0.1) is 0 Å². The van der Waals surface area contributed by atoms with E-state index in [0.29, 0.717) is 5.75 Å². The normalized spacial score (nSPS) is 13.3. The number of hydrogen-bond donors (Lipinski definition) is 3. The van der Waals surface area contributed by atoms with E-state index in [1.165, 1.54) is 40.9 Å². The molecule has 0 bridgehead atoms. The molecule has 0 aliphatic carbocycles. The molecule has 4 N–H and O–H groups in total. The van der Waals surface area contributed by atoms with E-state index in [2.05, 4.69) is 127 Å². The average molecular weight is 779 g/mol. The Labute approximate surface area is 299 Å². The molecule has 9 nitrogen and oxygen atoms in total. The minimum Gasteiger partial charge on any atom is -0.468 e. The van der Waals surface area contributed by atoms with Gasteiger partial charge >= 0.3 is 249 Å². The van der Waals surface area contributed by atoms with Crippen molar-refractivity contribution < 1.29 is 28.7 Å². The van der Waals surface area contributed by atoms with Gasteiger partial charge in [0.1, 0.15) is 6.04 Å². The summed E-state index contributed by atoms with van der Waals surface area (Å²) in [4.78, 5) is 48.5. The molecule has 2 unspecified atom stereocenters. The Morgan fingerprint density at radius 1 is 0.792 bits per heavy atom. The Morgan fingerprint density at radius 2 is 1.33 bits per heavy atom. The first-order chi connectivity index (χ1) is 23.1. The van der Waals surface area contributed by atoms with Gasteiger partial charge in [-0.15, -0.1) is 0 Å². The number of esters is 2. The van der Waals surface area contributed by atoms with Crippen LogP contribution in [0.15, 0.2) is 91.0 Å². The summed E-state index contributed by atoms with van der Waals surface area (Å²) in [5.41, 5.74) is 5.74. The van der Waals surface area contributed by atoms with E-state index >= 15 is 0 Å². The smallest absolute Gasteiger partial charge is 0.468 e. The fourth-order valence-corrected chi connectivity index (χ4v) is 15.4. The fourth-order valence-electron chi connectivity index (χ4n) is 5.33. The van der Waals surface area contributed by atoms with Gasteiger partial charge in [0.2, 0.25) is 0 Å². The fraction of sp³-hybridized carbons (Fsp3) is 0.371. The quantitative estimate of drug-likeness (QED) is 0.0659. The minimum atomic E-state index is -2.95. The molecule has 48 heavy (non-hydrogen) atoms. The van der Waals surface area contributed by atoms with Crippen LogP contribution in [0.5, 0.6) is 0 Å². The number of amides is 2. The van der Waals surface area contributed by atoms with Crippen molar-refractivity contribution in [2.24, 2.45) is 5.73 Å². The zero-order valence-corrected chi connectivity index (χ0v) is 31.5. The first-order valence-corrected chi connectivity index (χ1v) is 22.7. The van der Waals surface area contributed by atoms with Crippen molar-refractivity contribution in [3.8, 4) is 0 Å². The van der Waals surface area contributed by atoms with Crippen molar-refractivity contribution in [1.29, 1.82) is 0 Å². The summed E-state index contributed by atoms with van der Waals surface area (Å²) >= 11 is 4.51. The van der Waals surface area contributed by atoms with Crippen LogP contribution < -0.4 is 32.3 Å². The average Bonchev–Trinajstić information content (AvgIpc) is 3.13. The number of unbranched alkanes of at least 4 members (excludes halogenated alkanes) is 2. The summed E-state index contributed by atoms with van der Waals surface area (Å²) in [6.07, 6.45) is 4.00. The predicted molar refractivity (Wildman–Crippen MR) is 204 cm³/mol. The second-order valence-electron chi connectivity index (χ2n) is 11.2. The third-order valence-corrected chi connectivity index (χ3v) is 20.5. The summed E-state index contributed by atoms with van der Waals surface area (Å²) in [6, 6.07) is 30.5. The Hall–Kier alpha value is -2.89. The van der Waals surface area contributed by atoms with Gasteiger partial charge in [0.25, 0.3) is 0 Å². The first-order valence-electron chi connectivity index (χ1n) is 15.7. The standard InChI is InChI=1S/C35H45BrN3O6PS2/c1-44-33(41)25-38-34(42)31(39-32(40)22-21-30(37)35(43)45-2)26-48-47-24-14-6-13-23-46(36,27-15-7-3-8-16-27,28-17-9-4-10-18-28)29-19-11-5-12-20-29/h3-5,7-12,15-20,30-31H,6,13-14,21-26,37H2,1-2H3,(H,38,42)(H,39,40). The predicted octanol–water partition coefficient (Wildman–Crippen LogP) is 4.43. The molecule has 0 saturated heterocycles. The number of hydrogen-bond acceptors (Lipinski definition) is 9. The van der Waals surface area contributed by atoms with Gasteiger partial charge in [-0.05, 0) is 6.42 Å². The van der Waals surface area contributed by atoms with Gasteiger partial charge < -0.3 is 15.2 Å². The van der Waals surface area contributed by atoms with E-state index in [1.54, 1.807) is 10.8 Å². The molecule has 13 heteroatoms. The van der Waals surface area contributed by atoms with E-state index in [4.69, 9.17) is 5.73 Å². The molecule has 0 aromatic heterocycles. The number of nitrogens with one attached hydrogen (secondary N) is 2. The van der Waals surface area contributed by atoms with Crippen molar-refractivity contribution in [3.05, 3.63) is 91.0 Å². The number of methoxy groups -OCH3 is 2. The van der Waals surface area contributed by atoms with Gasteiger partial charge in [0.15, 0.2) is 0 Å². The van der Waals surface area contributed by atoms with Gasteiger partial charge in [-0.25, -0.2) is 0 Å². The van der Waals surface area contributed by atoms with Crippen LogP contribution in [0.25, 0.3) is 0 Å². The summed E-state index contributed by atoms with van der Waals surface area (Å²) in [5.74, 6) is -0.968. The Morgan fingerprint density at radius 3 is 1.83 bits per heavy atom. The van der Waals surface area contributed by atoms with Crippen LogP contribution in [-0.4, -0.2) is 74.3 Å². The van der Waals surface area contributed by atoms with Crippen molar-refractivity contribution in [2.45, 2.75) is 44.2 Å². The summed E-state index contributed by atoms with van der Waals surface area (Å²) in [5, 5.41) is 6.17. The van der Waals surface area contributed by atoms with Crippen LogP contribution in [0.4, 0.5) is 0 Å². The molecule has 2 atom stereocenters. The number of rotatable bonds is 20. The number of ether oxygens (including phenoxy) is 2. The molecular weight excluding hydrogens is 733 g/mol. The molecule has 260 valence electrons. The van der Waals surface area contributed by atoms with Crippen LogP contribution in [-0.2, 0) is 28.7 Å². The van der Waals surface area contributed by atoms with Crippen LogP contribution in [0.1, 0.15) is 32.1 Å². The monoisotopic (exact) mass is 777 g/mol. The molecule has 0 heterocycles. The van der Waals surface area contributed by atoms with Crippen molar-refractivity contribution >= 4 is 82.0 Å². The van der Waals surface area contributed by atoms with E-state index in [0.717, 1.165) is 31.2 Å². The first kappa shape index (κ1) is 39.5. The van der Waals surface area contributed by atoms with Crippen molar-refractivity contribution in [1.82, 2.24) is 10.6 Å². The minimum absolute atomic E-state index is 0.0531. The maximum atomic E-state index is 12.8. The van der Waals surface area contributed by atoms with Gasteiger partial charge in [-0.2, -0.15) is 0 Å². The van der Waals surface area contributed by atoms with Crippen LogP contribution in [0.2, 0.25) is 0 Å². The molecule has 0 fully saturated rings. The number of halogens is 1. The van der Waals surface area contributed by atoms with Crippen LogP contribution >= 0.6 is 42.4 Å². The second kappa shape index (κ2) is 19.9. The van der Waals surface area contributed by atoms with E-state index < -0.39 is 41.1 Å². The second-order valence-corrected chi connectivity index (χ2v) is 22.8. The van der Waals surface area contributed by atoms with Gasteiger partial charge in [0, 0.05) is 0 Å². The molecule has 3 aromatic rings. The Balaban J connectivity index is 1.59. The molecular formula is C35H45BrN3O6PS2. The van der Waals surface area contributed by atoms with Crippen molar-refractivity contribution in [2.75, 3.05) is 38.4 Å². The summed E-state index contributed by atoms with van der Waals surface area (Å²) in [7, 11) is 5.58. The van der Waals surface area contributed by atoms with Gasteiger partial charge in [-0.1, -0.05) is 0 Å².